The fourth-order valence-electron chi connectivity index (χ4n) is 0.455. The third kappa shape index (κ3) is 7.30. The Morgan fingerprint density at radius 1 is 1.10 bits per heavy atom. The van der Waals surface area contributed by atoms with E-state index < -0.39 is 0 Å². The SMILES string of the molecule is CC(C)C#C/C=C/C(C)C. The van der Waals surface area contributed by atoms with E-state index in [9.17, 15) is 0 Å². The molecule has 56 valence electrons. The first-order valence-electron chi connectivity index (χ1n) is 3.80. The second-order valence-electron chi connectivity index (χ2n) is 3.05. The van der Waals surface area contributed by atoms with Crippen LogP contribution >= 0.6 is 0 Å². The molecule has 0 spiro atoms. The fraction of sp³-hybridized carbons (Fsp3) is 0.600. The zero-order valence-corrected chi connectivity index (χ0v) is 7.31. The first kappa shape index (κ1) is 9.30. The van der Waals surface area contributed by atoms with Gasteiger partial charge in [-0.05, 0) is 12.0 Å². The summed E-state index contributed by atoms with van der Waals surface area (Å²) in [6.07, 6.45) is 4.04. The summed E-state index contributed by atoms with van der Waals surface area (Å²) in [4.78, 5) is 0. The largest absolute Gasteiger partial charge is 0.0957 e. The summed E-state index contributed by atoms with van der Waals surface area (Å²) in [6, 6.07) is 0. The zero-order chi connectivity index (χ0) is 7.98. The van der Waals surface area contributed by atoms with Crippen molar-refractivity contribution >= 4 is 0 Å². The van der Waals surface area contributed by atoms with Gasteiger partial charge in [0.25, 0.3) is 0 Å². The van der Waals surface area contributed by atoms with E-state index in [1.165, 1.54) is 0 Å². The Bertz CT molecular complexity index is 151. The Morgan fingerprint density at radius 2 is 1.70 bits per heavy atom. The van der Waals surface area contributed by atoms with E-state index in [1.807, 2.05) is 6.08 Å². The molecule has 0 heterocycles. The fourth-order valence-corrected chi connectivity index (χ4v) is 0.455. The van der Waals surface area contributed by atoms with E-state index in [0.29, 0.717) is 11.8 Å². The molecule has 0 fully saturated rings. The van der Waals surface area contributed by atoms with Gasteiger partial charge in [-0.25, -0.2) is 0 Å². The van der Waals surface area contributed by atoms with Gasteiger partial charge >= 0.3 is 0 Å². The summed E-state index contributed by atoms with van der Waals surface area (Å²) in [6.45, 7) is 8.48. The Labute approximate surface area is 64.3 Å². The molecule has 0 nitrogen and oxygen atoms in total. The van der Waals surface area contributed by atoms with E-state index in [4.69, 9.17) is 0 Å². The highest BCUT2D eigenvalue weighted by Gasteiger charge is 1.80. The van der Waals surface area contributed by atoms with Gasteiger partial charge < -0.3 is 0 Å². The summed E-state index contributed by atoms with van der Waals surface area (Å²) < 4.78 is 0. The van der Waals surface area contributed by atoms with Crippen molar-refractivity contribution in [3.05, 3.63) is 12.2 Å². The van der Waals surface area contributed by atoms with Crippen LogP contribution in [0.25, 0.3) is 0 Å². The van der Waals surface area contributed by atoms with Gasteiger partial charge in [0.2, 0.25) is 0 Å². The lowest BCUT2D eigenvalue weighted by atomic mass is 10.2. The van der Waals surface area contributed by atoms with Gasteiger partial charge in [-0.1, -0.05) is 45.6 Å². The Hall–Kier alpha value is -0.700. The molecule has 0 amide bonds. The normalized spacial score (nSPS) is 10.6. The van der Waals surface area contributed by atoms with Crippen LogP contribution in [0.2, 0.25) is 0 Å². The van der Waals surface area contributed by atoms with Crippen molar-refractivity contribution in [2.24, 2.45) is 11.8 Å². The third-order valence-corrected chi connectivity index (χ3v) is 0.936. The molecule has 0 aliphatic heterocycles. The van der Waals surface area contributed by atoms with E-state index in [0.717, 1.165) is 0 Å². The topological polar surface area (TPSA) is 0 Å². The van der Waals surface area contributed by atoms with Gasteiger partial charge in [-0.3, -0.25) is 0 Å². The van der Waals surface area contributed by atoms with Crippen molar-refractivity contribution in [3.8, 4) is 11.8 Å². The molecular formula is C10H16. The molecule has 0 saturated heterocycles. The molecule has 0 atom stereocenters. The smallest absolute Gasteiger partial charge is 0.0149 e. The Morgan fingerprint density at radius 3 is 2.10 bits per heavy atom. The van der Waals surface area contributed by atoms with Crippen LogP contribution in [0, 0.1) is 23.7 Å². The van der Waals surface area contributed by atoms with Crippen molar-refractivity contribution in [2.75, 3.05) is 0 Å². The van der Waals surface area contributed by atoms with Gasteiger partial charge in [-0.2, -0.15) is 0 Å². The molecule has 0 aliphatic rings. The molecule has 0 heteroatoms. The summed E-state index contributed by atoms with van der Waals surface area (Å²) in [5.74, 6) is 7.15. The van der Waals surface area contributed by atoms with E-state index >= 15 is 0 Å². The lowest BCUT2D eigenvalue weighted by Crippen LogP contribution is -1.77. The highest BCUT2D eigenvalue weighted by molar-refractivity contribution is 5.16. The van der Waals surface area contributed by atoms with Crippen LogP contribution in [-0.2, 0) is 0 Å². The predicted molar refractivity (Wildman–Crippen MR) is 46.6 cm³/mol. The number of allylic oxidation sites excluding steroid dienone is 2. The van der Waals surface area contributed by atoms with Crippen LogP contribution in [0.15, 0.2) is 12.2 Å². The number of hydrogen-bond donors (Lipinski definition) is 0. The lowest BCUT2D eigenvalue weighted by Gasteiger charge is -1.88. The molecule has 0 aromatic rings. The molecule has 0 aromatic carbocycles. The second kappa shape index (κ2) is 5.11. The minimum Gasteiger partial charge on any atom is -0.0957 e. The highest BCUT2D eigenvalue weighted by atomic mass is 13.9. The van der Waals surface area contributed by atoms with Crippen LogP contribution in [0.3, 0.4) is 0 Å². The van der Waals surface area contributed by atoms with E-state index in [-0.39, 0.29) is 0 Å². The number of rotatable bonds is 1. The average molecular weight is 136 g/mol. The average Bonchev–Trinajstić information content (AvgIpc) is 1.79. The van der Waals surface area contributed by atoms with Crippen LogP contribution in [0.1, 0.15) is 27.7 Å². The molecule has 0 aliphatic carbocycles. The van der Waals surface area contributed by atoms with Crippen molar-refractivity contribution in [1.82, 2.24) is 0 Å². The first-order chi connectivity index (χ1) is 4.63. The second-order valence-corrected chi connectivity index (χ2v) is 3.05. The van der Waals surface area contributed by atoms with Crippen molar-refractivity contribution in [2.45, 2.75) is 27.7 Å². The maximum atomic E-state index is 3.06. The quantitative estimate of drug-likeness (QED) is 0.486. The maximum Gasteiger partial charge on any atom is 0.0149 e. The molecule has 0 N–H and O–H groups in total. The monoisotopic (exact) mass is 136 g/mol. The van der Waals surface area contributed by atoms with Crippen LogP contribution < -0.4 is 0 Å². The van der Waals surface area contributed by atoms with Crippen LogP contribution in [0.4, 0.5) is 0 Å². The molecular weight excluding hydrogens is 120 g/mol. The van der Waals surface area contributed by atoms with Crippen molar-refractivity contribution in [1.29, 1.82) is 0 Å². The minimum absolute atomic E-state index is 0.483. The van der Waals surface area contributed by atoms with Gasteiger partial charge in [0.1, 0.15) is 0 Å². The molecule has 0 radical (unpaired) electrons. The molecule has 0 saturated carbocycles. The van der Waals surface area contributed by atoms with E-state index in [2.05, 4.69) is 45.6 Å². The molecule has 0 rings (SSSR count). The summed E-state index contributed by atoms with van der Waals surface area (Å²) >= 11 is 0. The molecule has 0 unspecified atom stereocenters. The Balaban J connectivity index is 3.65. The van der Waals surface area contributed by atoms with Gasteiger partial charge in [0, 0.05) is 5.92 Å². The standard InChI is InChI=1S/C10H16/c1-9(2)7-5-6-8-10(3)4/h5,7,9-10H,1-4H3/b7-5+. The van der Waals surface area contributed by atoms with Crippen molar-refractivity contribution < 1.29 is 0 Å². The van der Waals surface area contributed by atoms with E-state index in [1.54, 1.807) is 0 Å². The number of hydrogen-bond acceptors (Lipinski definition) is 0. The third-order valence-electron chi connectivity index (χ3n) is 0.936. The van der Waals surface area contributed by atoms with Crippen LogP contribution in [-0.4, -0.2) is 0 Å². The zero-order valence-electron chi connectivity index (χ0n) is 7.31. The Kier molecular flexibility index (Phi) is 4.76. The maximum absolute atomic E-state index is 3.06. The predicted octanol–water partition coefficient (Wildman–Crippen LogP) is 2.86. The molecule has 10 heavy (non-hydrogen) atoms. The summed E-state index contributed by atoms with van der Waals surface area (Å²) in [5, 5.41) is 0. The lowest BCUT2D eigenvalue weighted by molar-refractivity contribution is 0.832. The summed E-state index contributed by atoms with van der Waals surface area (Å²) in [5.41, 5.74) is 0. The van der Waals surface area contributed by atoms with Gasteiger partial charge in [0.15, 0.2) is 0 Å². The minimum atomic E-state index is 0.483. The highest BCUT2D eigenvalue weighted by Crippen LogP contribution is 1.92. The molecule has 0 bridgehead atoms. The van der Waals surface area contributed by atoms with Gasteiger partial charge in [0.05, 0.1) is 0 Å². The summed E-state index contributed by atoms with van der Waals surface area (Å²) in [7, 11) is 0. The first-order valence-corrected chi connectivity index (χ1v) is 3.80. The molecule has 0 aromatic heterocycles. The van der Waals surface area contributed by atoms with Crippen LogP contribution in [0.5, 0.6) is 0 Å². The van der Waals surface area contributed by atoms with Crippen molar-refractivity contribution in [3.63, 3.8) is 0 Å². The van der Waals surface area contributed by atoms with Gasteiger partial charge in [-0.15, -0.1) is 0 Å².